The summed E-state index contributed by atoms with van der Waals surface area (Å²) in [5.41, 5.74) is 4.11. The molecule has 6 nitrogen and oxygen atoms in total. The molecule has 174 valence electrons. The summed E-state index contributed by atoms with van der Waals surface area (Å²) in [4.78, 5) is 21.8. The van der Waals surface area contributed by atoms with Crippen LogP contribution in [0, 0.1) is 19.7 Å². The molecule has 1 aromatic heterocycles. The van der Waals surface area contributed by atoms with Crippen molar-refractivity contribution in [2.24, 2.45) is 0 Å². The predicted octanol–water partition coefficient (Wildman–Crippen LogP) is 4.23. The second-order valence-corrected chi connectivity index (χ2v) is 9.29. The van der Waals surface area contributed by atoms with Gasteiger partial charge in [-0.15, -0.1) is 11.3 Å². The van der Waals surface area contributed by atoms with E-state index in [-0.39, 0.29) is 11.7 Å². The lowest BCUT2D eigenvalue weighted by Crippen LogP contribution is -2.48. The van der Waals surface area contributed by atoms with Crippen molar-refractivity contribution in [3.8, 4) is 5.75 Å². The molecule has 0 atom stereocenters. The van der Waals surface area contributed by atoms with Crippen LogP contribution in [0.3, 0.4) is 0 Å². The molecule has 33 heavy (non-hydrogen) atoms. The van der Waals surface area contributed by atoms with E-state index in [4.69, 9.17) is 4.74 Å². The number of halogens is 1. The number of piperazine rings is 1. The maximum Gasteiger partial charge on any atom is 0.238 e. The minimum Gasteiger partial charge on any atom is -0.486 e. The minimum atomic E-state index is -0.277. The number of hydrogen-bond donors (Lipinski definition) is 1. The summed E-state index contributed by atoms with van der Waals surface area (Å²) in [5, 5.41) is 6.04. The van der Waals surface area contributed by atoms with Crippen molar-refractivity contribution in [3.05, 3.63) is 75.5 Å². The number of nitrogens with zero attached hydrogens (tertiary/aromatic N) is 3. The highest BCUT2D eigenvalue weighted by molar-refractivity contribution is 7.09. The van der Waals surface area contributed by atoms with E-state index in [1.54, 1.807) is 23.5 Å². The van der Waals surface area contributed by atoms with Crippen molar-refractivity contribution in [2.75, 3.05) is 38.0 Å². The normalized spacial score (nSPS) is 14.9. The zero-order chi connectivity index (χ0) is 23.2. The van der Waals surface area contributed by atoms with Crippen molar-refractivity contribution >= 4 is 22.9 Å². The highest BCUT2D eigenvalue weighted by Crippen LogP contribution is 2.20. The van der Waals surface area contributed by atoms with Crippen LogP contribution in [0.5, 0.6) is 5.75 Å². The molecule has 1 aliphatic heterocycles. The first-order chi connectivity index (χ1) is 16.0. The number of rotatable bonds is 8. The highest BCUT2D eigenvalue weighted by atomic mass is 32.1. The van der Waals surface area contributed by atoms with Crippen LogP contribution in [-0.2, 0) is 17.9 Å². The van der Waals surface area contributed by atoms with Crippen LogP contribution in [0.2, 0.25) is 0 Å². The average molecular weight is 469 g/mol. The van der Waals surface area contributed by atoms with Crippen molar-refractivity contribution in [3.63, 3.8) is 0 Å². The summed E-state index contributed by atoms with van der Waals surface area (Å²) in [6.07, 6.45) is 0. The molecule has 4 rings (SSSR count). The third-order valence-electron chi connectivity index (χ3n) is 5.74. The lowest BCUT2D eigenvalue weighted by atomic mass is 10.1. The number of ether oxygens (including phenoxy) is 1. The molecule has 3 aromatic rings. The molecule has 1 aliphatic rings. The number of thiazole rings is 1. The van der Waals surface area contributed by atoms with E-state index in [1.807, 2.05) is 32.0 Å². The lowest BCUT2D eigenvalue weighted by Gasteiger charge is -2.33. The van der Waals surface area contributed by atoms with Gasteiger partial charge >= 0.3 is 0 Å². The number of hydrogen-bond acceptors (Lipinski definition) is 6. The monoisotopic (exact) mass is 468 g/mol. The van der Waals surface area contributed by atoms with Crippen LogP contribution in [0.1, 0.15) is 21.8 Å². The zero-order valence-electron chi connectivity index (χ0n) is 19.0. The van der Waals surface area contributed by atoms with E-state index in [0.29, 0.717) is 18.9 Å². The second-order valence-electron chi connectivity index (χ2n) is 8.34. The first kappa shape index (κ1) is 23.4. The average Bonchev–Trinajstić information content (AvgIpc) is 3.25. The standard InChI is InChI=1S/C25H29FN4O2S/c1-18-4-3-5-19(2)25(18)28-23(31)15-30-12-10-29(11-13-30)14-21-17-33-24(27-21)16-32-22-8-6-20(26)7-9-22/h3-9,17H,10-16H2,1-2H3,(H,28,31). The molecule has 0 spiro atoms. The van der Waals surface area contributed by atoms with Crippen molar-refractivity contribution in [1.82, 2.24) is 14.8 Å². The molecule has 0 bridgehead atoms. The van der Waals surface area contributed by atoms with E-state index in [2.05, 4.69) is 25.5 Å². The molecular weight excluding hydrogens is 439 g/mol. The molecule has 0 radical (unpaired) electrons. The fourth-order valence-corrected chi connectivity index (χ4v) is 4.59. The first-order valence-corrected chi connectivity index (χ1v) is 12.0. The number of aromatic nitrogens is 1. The molecule has 1 fully saturated rings. The van der Waals surface area contributed by atoms with E-state index >= 15 is 0 Å². The molecule has 8 heteroatoms. The summed E-state index contributed by atoms with van der Waals surface area (Å²) >= 11 is 1.57. The van der Waals surface area contributed by atoms with Crippen LogP contribution in [-0.4, -0.2) is 53.4 Å². The summed E-state index contributed by atoms with van der Waals surface area (Å²) < 4.78 is 18.7. The smallest absolute Gasteiger partial charge is 0.238 e. The van der Waals surface area contributed by atoms with Gasteiger partial charge in [-0.25, -0.2) is 9.37 Å². The Morgan fingerprint density at radius 1 is 1.06 bits per heavy atom. The van der Waals surface area contributed by atoms with Crippen LogP contribution in [0.4, 0.5) is 10.1 Å². The number of aryl methyl sites for hydroxylation is 2. The maximum absolute atomic E-state index is 13.0. The van der Waals surface area contributed by atoms with Gasteiger partial charge in [-0.3, -0.25) is 14.6 Å². The summed E-state index contributed by atoms with van der Waals surface area (Å²) in [7, 11) is 0. The largest absolute Gasteiger partial charge is 0.486 e. The summed E-state index contributed by atoms with van der Waals surface area (Å²) in [6, 6.07) is 12.0. The van der Waals surface area contributed by atoms with Crippen LogP contribution in [0.25, 0.3) is 0 Å². The molecule has 0 unspecified atom stereocenters. The van der Waals surface area contributed by atoms with Gasteiger partial charge < -0.3 is 10.1 Å². The second kappa shape index (κ2) is 10.9. The topological polar surface area (TPSA) is 57.7 Å². The van der Waals surface area contributed by atoms with Crippen molar-refractivity contribution in [1.29, 1.82) is 0 Å². The third kappa shape index (κ3) is 6.60. The number of para-hydroxylation sites is 1. The third-order valence-corrected chi connectivity index (χ3v) is 6.61. The van der Waals surface area contributed by atoms with E-state index in [9.17, 15) is 9.18 Å². The van der Waals surface area contributed by atoms with Crippen molar-refractivity contribution in [2.45, 2.75) is 27.0 Å². The van der Waals surface area contributed by atoms with Gasteiger partial charge in [-0.05, 0) is 49.2 Å². The van der Waals surface area contributed by atoms with Crippen LogP contribution < -0.4 is 10.1 Å². The van der Waals surface area contributed by atoms with Gasteiger partial charge in [0.15, 0.2) is 0 Å². The Morgan fingerprint density at radius 2 is 1.73 bits per heavy atom. The summed E-state index contributed by atoms with van der Waals surface area (Å²) in [6.45, 7) is 9.10. The van der Waals surface area contributed by atoms with Gasteiger partial charge in [0.25, 0.3) is 0 Å². The molecule has 2 heterocycles. The Morgan fingerprint density at radius 3 is 2.42 bits per heavy atom. The molecule has 0 aliphatic carbocycles. The van der Waals surface area contributed by atoms with E-state index < -0.39 is 0 Å². The molecular formula is C25H29FN4O2S. The molecule has 0 saturated carbocycles. The Labute approximate surface area is 198 Å². The van der Waals surface area contributed by atoms with Gasteiger partial charge in [0.1, 0.15) is 23.2 Å². The number of amides is 1. The van der Waals surface area contributed by atoms with Crippen LogP contribution in [0.15, 0.2) is 47.8 Å². The van der Waals surface area contributed by atoms with Gasteiger partial charge in [-0.2, -0.15) is 0 Å². The van der Waals surface area contributed by atoms with Gasteiger partial charge in [0, 0.05) is 43.8 Å². The van der Waals surface area contributed by atoms with Gasteiger partial charge in [-0.1, -0.05) is 18.2 Å². The van der Waals surface area contributed by atoms with Crippen molar-refractivity contribution < 1.29 is 13.9 Å². The van der Waals surface area contributed by atoms with Gasteiger partial charge in [0.2, 0.25) is 5.91 Å². The number of nitrogens with one attached hydrogen (secondary N) is 1. The maximum atomic E-state index is 13.0. The molecule has 1 saturated heterocycles. The SMILES string of the molecule is Cc1cccc(C)c1NC(=O)CN1CCN(Cc2csc(COc3ccc(F)cc3)n2)CC1. The Balaban J connectivity index is 1.19. The lowest BCUT2D eigenvalue weighted by molar-refractivity contribution is -0.117. The predicted molar refractivity (Wildman–Crippen MR) is 129 cm³/mol. The zero-order valence-corrected chi connectivity index (χ0v) is 19.8. The first-order valence-electron chi connectivity index (χ1n) is 11.1. The fraction of sp³-hybridized carbons (Fsp3) is 0.360. The number of carbonyl (C=O) groups is 1. The van der Waals surface area contributed by atoms with Gasteiger partial charge in [0.05, 0.1) is 12.2 Å². The number of benzene rings is 2. The number of carbonyl (C=O) groups excluding carboxylic acids is 1. The molecule has 1 amide bonds. The minimum absolute atomic E-state index is 0.0335. The fourth-order valence-electron chi connectivity index (χ4n) is 3.89. The Bertz CT molecular complexity index is 1060. The quantitative estimate of drug-likeness (QED) is 0.536. The van der Waals surface area contributed by atoms with E-state index in [0.717, 1.165) is 60.2 Å². The Hall–Kier alpha value is -2.81. The molecule has 2 aromatic carbocycles. The van der Waals surface area contributed by atoms with Crippen LogP contribution >= 0.6 is 11.3 Å². The number of anilines is 1. The van der Waals surface area contributed by atoms with E-state index in [1.165, 1.54) is 12.1 Å². The summed E-state index contributed by atoms with van der Waals surface area (Å²) in [5.74, 6) is 0.387. The molecule has 1 N–H and O–H groups in total. The highest BCUT2D eigenvalue weighted by Gasteiger charge is 2.20. The Kier molecular flexibility index (Phi) is 7.69.